The molecular formula is C23H21NO4. The van der Waals surface area contributed by atoms with Crippen LogP contribution in [0.5, 0.6) is 0 Å². The lowest BCUT2D eigenvalue weighted by molar-refractivity contribution is 0.0517. The number of nitrogens with zero attached hydrogens (tertiary/aromatic N) is 1. The average Bonchev–Trinajstić information content (AvgIpc) is 2.74. The van der Waals surface area contributed by atoms with Gasteiger partial charge in [-0.2, -0.15) is 0 Å². The average molecular weight is 375 g/mol. The van der Waals surface area contributed by atoms with Crippen molar-refractivity contribution in [3.63, 3.8) is 0 Å². The second-order valence-electron chi connectivity index (χ2n) is 6.03. The van der Waals surface area contributed by atoms with Crippen LogP contribution in [-0.2, 0) is 9.47 Å². The molecule has 0 amide bonds. The van der Waals surface area contributed by atoms with E-state index in [1.807, 2.05) is 36.4 Å². The molecule has 3 aromatic rings. The highest BCUT2D eigenvalue weighted by molar-refractivity contribution is 5.90. The number of aromatic nitrogens is 1. The molecule has 2 aromatic carbocycles. The maximum atomic E-state index is 11.7. The van der Waals surface area contributed by atoms with Crippen LogP contribution in [-0.4, -0.2) is 30.1 Å². The van der Waals surface area contributed by atoms with Gasteiger partial charge in [0.1, 0.15) is 0 Å². The number of pyridine rings is 1. The summed E-state index contributed by atoms with van der Waals surface area (Å²) in [5.41, 5.74) is 4.67. The fraction of sp³-hybridized carbons (Fsp3) is 0.174. The van der Waals surface area contributed by atoms with Gasteiger partial charge in [-0.1, -0.05) is 30.3 Å². The molecule has 0 spiro atoms. The van der Waals surface area contributed by atoms with E-state index in [-0.39, 0.29) is 11.9 Å². The molecule has 3 rings (SSSR count). The Bertz CT molecular complexity index is 865. The quantitative estimate of drug-likeness (QED) is 0.581. The minimum absolute atomic E-state index is 0.325. The predicted molar refractivity (Wildman–Crippen MR) is 107 cm³/mol. The van der Waals surface area contributed by atoms with E-state index in [1.165, 1.54) is 0 Å². The van der Waals surface area contributed by atoms with Crippen molar-refractivity contribution in [2.75, 3.05) is 13.2 Å². The Kier molecular flexibility index (Phi) is 6.17. The Hall–Kier alpha value is -3.47. The summed E-state index contributed by atoms with van der Waals surface area (Å²) in [4.78, 5) is 28.0. The van der Waals surface area contributed by atoms with Crippen molar-refractivity contribution >= 4 is 11.9 Å². The molecule has 0 N–H and O–H groups in total. The van der Waals surface area contributed by atoms with Gasteiger partial charge in [-0.25, -0.2) is 9.59 Å². The Labute approximate surface area is 164 Å². The van der Waals surface area contributed by atoms with Crippen LogP contribution >= 0.6 is 0 Å². The number of carbonyl (C=O) groups excluding carboxylic acids is 2. The maximum Gasteiger partial charge on any atom is 0.338 e. The SMILES string of the molecule is CCOC(=O)c1ccc(-c2ccc(-c3ccc(C(=O)OCC)cc3)nc2)cc1. The highest BCUT2D eigenvalue weighted by atomic mass is 16.5. The van der Waals surface area contributed by atoms with E-state index in [0.29, 0.717) is 24.3 Å². The van der Waals surface area contributed by atoms with Crippen LogP contribution in [0.15, 0.2) is 66.9 Å². The first-order valence-electron chi connectivity index (χ1n) is 9.13. The van der Waals surface area contributed by atoms with Crippen LogP contribution in [0.1, 0.15) is 34.6 Å². The second kappa shape index (κ2) is 8.95. The number of esters is 2. The van der Waals surface area contributed by atoms with Crippen LogP contribution in [0, 0.1) is 0 Å². The fourth-order valence-corrected chi connectivity index (χ4v) is 2.74. The van der Waals surface area contributed by atoms with Crippen molar-refractivity contribution in [1.82, 2.24) is 4.98 Å². The molecule has 0 unspecified atom stereocenters. The summed E-state index contributed by atoms with van der Waals surface area (Å²) < 4.78 is 9.99. The molecule has 0 aliphatic rings. The van der Waals surface area contributed by atoms with E-state index in [0.717, 1.165) is 22.4 Å². The van der Waals surface area contributed by atoms with E-state index in [9.17, 15) is 9.59 Å². The van der Waals surface area contributed by atoms with E-state index in [1.54, 1.807) is 44.3 Å². The largest absolute Gasteiger partial charge is 0.462 e. The summed E-state index contributed by atoms with van der Waals surface area (Å²) in [6, 6.07) is 18.3. The zero-order chi connectivity index (χ0) is 19.9. The molecule has 0 saturated heterocycles. The van der Waals surface area contributed by atoms with Crippen LogP contribution in [0.2, 0.25) is 0 Å². The van der Waals surface area contributed by atoms with Crippen LogP contribution in [0.25, 0.3) is 22.4 Å². The smallest absolute Gasteiger partial charge is 0.338 e. The zero-order valence-corrected chi connectivity index (χ0v) is 15.8. The first-order valence-corrected chi connectivity index (χ1v) is 9.13. The molecule has 0 fully saturated rings. The molecule has 1 aromatic heterocycles. The van der Waals surface area contributed by atoms with Crippen molar-refractivity contribution in [1.29, 1.82) is 0 Å². The third-order valence-corrected chi connectivity index (χ3v) is 4.18. The van der Waals surface area contributed by atoms with Gasteiger partial charge in [0, 0.05) is 17.3 Å². The standard InChI is InChI=1S/C23H21NO4/c1-3-27-22(25)18-9-5-16(6-10-18)20-13-14-21(24-15-20)17-7-11-19(12-8-17)23(26)28-4-2/h5-15H,3-4H2,1-2H3. The zero-order valence-electron chi connectivity index (χ0n) is 15.8. The lowest BCUT2D eigenvalue weighted by Crippen LogP contribution is -2.04. The summed E-state index contributed by atoms with van der Waals surface area (Å²) >= 11 is 0. The lowest BCUT2D eigenvalue weighted by atomic mass is 10.0. The minimum atomic E-state index is -0.330. The van der Waals surface area contributed by atoms with E-state index < -0.39 is 0 Å². The fourth-order valence-electron chi connectivity index (χ4n) is 2.74. The van der Waals surface area contributed by atoms with Gasteiger partial charge in [-0.3, -0.25) is 4.98 Å². The summed E-state index contributed by atoms with van der Waals surface area (Å²) in [6.07, 6.45) is 1.79. The first-order chi connectivity index (χ1) is 13.6. The monoisotopic (exact) mass is 375 g/mol. The van der Waals surface area contributed by atoms with Crippen molar-refractivity contribution < 1.29 is 19.1 Å². The molecule has 0 aliphatic heterocycles. The number of benzene rings is 2. The number of rotatable bonds is 6. The summed E-state index contributed by atoms with van der Waals surface area (Å²) in [5, 5.41) is 0. The Morgan fingerprint density at radius 3 is 1.57 bits per heavy atom. The first kappa shape index (κ1) is 19.3. The van der Waals surface area contributed by atoms with Gasteiger partial charge in [-0.05, 0) is 49.7 Å². The number of hydrogen-bond acceptors (Lipinski definition) is 5. The Morgan fingerprint density at radius 1 is 0.679 bits per heavy atom. The van der Waals surface area contributed by atoms with Crippen molar-refractivity contribution in [3.8, 4) is 22.4 Å². The molecule has 0 atom stereocenters. The molecule has 0 aliphatic carbocycles. The lowest BCUT2D eigenvalue weighted by Gasteiger charge is -2.07. The third-order valence-electron chi connectivity index (χ3n) is 4.18. The molecule has 0 bridgehead atoms. The van der Waals surface area contributed by atoms with E-state index in [2.05, 4.69) is 4.98 Å². The van der Waals surface area contributed by atoms with Gasteiger partial charge in [0.15, 0.2) is 0 Å². The van der Waals surface area contributed by atoms with Crippen LogP contribution in [0.3, 0.4) is 0 Å². The topological polar surface area (TPSA) is 65.5 Å². The van der Waals surface area contributed by atoms with Gasteiger partial charge >= 0.3 is 11.9 Å². The molecule has 5 nitrogen and oxygen atoms in total. The van der Waals surface area contributed by atoms with Crippen LogP contribution < -0.4 is 0 Å². The van der Waals surface area contributed by atoms with Crippen LogP contribution in [0.4, 0.5) is 0 Å². The normalized spacial score (nSPS) is 10.4. The van der Waals surface area contributed by atoms with Gasteiger partial charge in [-0.15, -0.1) is 0 Å². The van der Waals surface area contributed by atoms with Gasteiger partial charge < -0.3 is 9.47 Å². The van der Waals surface area contributed by atoms with Crippen molar-refractivity contribution in [2.24, 2.45) is 0 Å². The number of hydrogen-bond donors (Lipinski definition) is 0. The summed E-state index contributed by atoms with van der Waals surface area (Å²) in [7, 11) is 0. The van der Waals surface area contributed by atoms with Gasteiger partial charge in [0.25, 0.3) is 0 Å². The predicted octanol–water partition coefficient (Wildman–Crippen LogP) is 4.77. The molecule has 5 heteroatoms. The summed E-state index contributed by atoms with van der Waals surface area (Å²) in [5.74, 6) is -0.655. The molecule has 142 valence electrons. The molecule has 0 radical (unpaired) electrons. The highest BCUT2D eigenvalue weighted by Gasteiger charge is 2.09. The van der Waals surface area contributed by atoms with E-state index in [4.69, 9.17) is 9.47 Å². The molecule has 0 saturated carbocycles. The van der Waals surface area contributed by atoms with E-state index >= 15 is 0 Å². The highest BCUT2D eigenvalue weighted by Crippen LogP contribution is 2.23. The second-order valence-corrected chi connectivity index (χ2v) is 6.03. The molecule has 1 heterocycles. The number of carbonyl (C=O) groups is 2. The maximum absolute atomic E-state index is 11.7. The molecule has 28 heavy (non-hydrogen) atoms. The minimum Gasteiger partial charge on any atom is -0.462 e. The summed E-state index contributed by atoms with van der Waals surface area (Å²) in [6.45, 7) is 4.27. The Morgan fingerprint density at radius 2 is 1.14 bits per heavy atom. The molecular weight excluding hydrogens is 354 g/mol. The van der Waals surface area contributed by atoms with Gasteiger partial charge in [0.2, 0.25) is 0 Å². The van der Waals surface area contributed by atoms with Crippen molar-refractivity contribution in [3.05, 3.63) is 78.0 Å². The Balaban J connectivity index is 1.74. The van der Waals surface area contributed by atoms with Crippen molar-refractivity contribution in [2.45, 2.75) is 13.8 Å². The number of ether oxygens (including phenoxy) is 2. The third kappa shape index (κ3) is 4.43. The van der Waals surface area contributed by atoms with Gasteiger partial charge in [0.05, 0.1) is 30.0 Å².